The molecule has 108 valence electrons. The molecule has 1 heterocycles. The minimum absolute atomic E-state index is 0.480. The van der Waals surface area contributed by atoms with Crippen LogP contribution < -0.4 is 0 Å². The lowest BCUT2D eigenvalue weighted by Gasteiger charge is -2.31. The first-order valence-electron chi connectivity index (χ1n) is 7.28. The number of ether oxygens (including phenoxy) is 1. The first-order valence-corrected chi connectivity index (χ1v) is 8.69. The highest BCUT2D eigenvalue weighted by molar-refractivity contribution is 7.09. The van der Waals surface area contributed by atoms with Gasteiger partial charge in [-0.1, -0.05) is 13.8 Å². The molecule has 0 bridgehead atoms. The minimum atomic E-state index is 0.480. The summed E-state index contributed by atoms with van der Waals surface area (Å²) in [6.45, 7) is 5.55. The van der Waals surface area contributed by atoms with Crippen LogP contribution in [-0.2, 0) is 17.0 Å². The normalized spacial score (nSPS) is 27.6. The Labute approximate surface area is 125 Å². The van der Waals surface area contributed by atoms with Crippen molar-refractivity contribution < 1.29 is 4.74 Å². The number of halogens is 1. The van der Waals surface area contributed by atoms with E-state index in [1.54, 1.807) is 11.3 Å². The van der Waals surface area contributed by atoms with Crippen LogP contribution in [-0.4, -0.2) is 17.7 Å². The lowest BCUT2D eigenvalue weighted by molar-refractivity contribution is 0.000143. The highest BCUT2D eigenvalue weighted by Crippen LogP contribution is 2.30. The second-order valence-electron chi connectivity index (χ2n) is 5.88. The summed E-state index contributed by atoms with van der Waals surface area (Å²) in [6.07, 6.45) is 6.39. The van der Waals surface area contributed by atoms with E-state index in [9.17, 15) is 0 Å². The summed E-state index contributed by atoms with van der Waals surface area (Å²) < 4.78 is 6.03. The van der Waals surface area contributed by atoms with E-state index in [4.69, 9.17) is 16.3 Å². The third kappa shape index (κ3) is 5.05. The lowest BCUT2D eigenvalue weighted by atomic mass is 9.82. The maximum atomic E-state index is 6.03. The van der Waals surface area contributed by atoms with Crippen LogP contribution >= 0.6 is 22.9 Å². The van der Waals surface area contributed by atoms with Gasteiger partial charge in [0.1, 0.15) is 0 Å². The van der Waals surface area contributed by atoms with E-state index in [-0.39, 0.29) is 0 Å². The summed E-state index contributed by atoms with van der Waals surface area (Å²) in [5, 5.41) is 3.23. The molecule has 1 aliphatic rings. The van der Waals surface area contributed by atoms with Crippen molar-refractivity contribution in [3.05, 3.63) is 16.1 Å². The number of aryl methyl sites for hydroxylation is 1. The maximum absolute atomic E-state index is 6.03. The van der Waals surface area contributed by atoms with Gasteiger partial charge in [-0.3, -0.25) is 0 Å². The third-order valence-electron chi connectivity index (χ3n) is 3.76. The maximum Gasteiger partial charge on any atom is 0.0929 e. The van der Waals surface area contributed by atoms with Gasteiger partial charge in [-0.2, -0.15) is 0 Å². The average Bonchev–Trinajstić information content (AvgIpc) is 2.81. The van der Waals surface area contributed by atoms with Crippen molar-refractivity contribution >= 4 is 22.9 Å². The molecule has 0 saturated heterocycles. The van der Waals surface area contributed by atoms with E-state index in [0.717, 1.165) is 37.0 Å². The average molecular weight is 302 g/mol. The quantitative estimate of drug-likeness (QED) is 0.563. The Morgan fingerprint density at radius 3 is 2.68 bits per heavy atom. The van der Waals surface area contributed by atoms with E-state index in [1.165, 1.54) is 24.3 Å². The van der Waals surface area contributed by atoms with E-state index < -0.39 is 0 Å². The van der Waals surface area contributed by atoms with Crippen LogP contribution in [0.3, 0.4) is 0 Å². The number of hydrogen-bond acceptors (Lipinski definition) is 3. The van der Waals surface area contributed by atoms with Crippen molar-refractivity contribution in [2.24, 2.45) is 11.8 Å². The zero-order valence-corrected chi connectivity index (χ0v) is 13.5. The molecule has 1 aromatic heterocycles. The molecule has 19 heavy (non-hydrogen) atoms. The summed E-state index contributed by atoms with van der Waals surface area (Å²) >= 11 is 7.46. The first-order chi connectivity index (χ1) is 9.17. The summed E-state index contributed by atoms with van der Waals surface area (Å²) in [5.74, 6) is 2.16. The van der Waals surface area contributed by atoms with Crippen LogP contribution in [0.25, 0.3) is 0 Å². The Morgan fingerprint density at radius 2 is 2.05 bits per heavy atom. The molecular formula is C15H24ClNOS. The zero-order valence-electron chi connectivity index (χ0n) is 11.9. The van der Waals surface area contributed by atoms with Gasteiger partial charge >= 0.3 is 0 Å². The second-order valence-corrected chi connectivity index (χ2v) is 7.09. The molecule has 1 aliphatic carbocycles. The van der Waals surface area contributed by atoms with Crippen LogP contribution in [0.4, 0.5) is 0 Å². The predicted octanol–water partition coefficient (Wildman–Crippen LogP) is 4.66. The van der Waals surface area contributed by atoms with Gasteiger partial charge in [0.2, 0.25) is 0 Å². The fourth-order valence-electron chi connectivity index (χ4n) is 3.01. The van der Waals surface area contributed by atoms with Gasteiger partial charge < -0.3 is 4.74 Å². The summed E-state index contributed by atoms with van der Waals surface area (Å²) in [4.78, 5) is 4.47. The Kier molecular flexibility index (Phi) is 6.11. The smallest absolute Gasteiger partial charge is 0.0929 e. The molecule has 0 amide bonds. The van der Waals surface area contributed by atoms with Crippen LogP contribution in [0.1, 0.15) is 50.2 Å². The van der Waals surface area contributed by atoms with Crippen molar-refractivity contribution in [2.75, 3.05) is 6.61 Å². The van der Waals surface area contributed by atoms with Gasteiger partial charge in [-0.25, -0.2) is 4.98 Å². The van der Waals surface area contributed by atoms with Crippen molar-refractivity contribution in [3.63, 3.8) is 0 Å². The number of rotatable bonds is 6. The van der Waals surface area contributed by atoms with Crippen LogP contribution in [0, 0.1) is 11.8 Å². The van der Waals surface area contributed by atoms with E-state index >= 15 is 0 Å². The molecule has 4 heteroatoms. The molecular weight excluding hydrogens is 278 g/mol. The Balaban J connectivity index is 1.63. The monoisotopic (exact) mass is 301 g/mol. The Bertz CT molecular complexity index is 372. The molecule has 2 atom stereocenters. The lowest BCUT2D eigenvalue weighted by Crippen LogP contribution is -2.26. The van der Waals surface area contributed by atoms with Gasteiger partial charge in [-0.05, 0) is 37.5 Å². The molecule has 1 saturated carbocycles. The molecule has 1 fully saturated rings. The van der Waals surface area contributed by atoms with Crippen LogP contribution in [0.2, 0.25) is 0 Å². The molecule has 2 unspecified atom stereocenters. The number of aromatic nitrogens is 1. The summed E-state index contributed by atoms with van der Waals surface area (Å²) in [6, 6.07) is 0. The number of nitrogens with zero attached hydrogens (tertiary/aromatic N) is 1. The van der Waals surface area contributed by atoms with Gasteiger partial charge in [0, 0.05) is 18.4 Å². The van der Waals surface area contributed by atoms with Crippen LogP contribution in [0.15, 0.2) is 5.38 Å². The molecule has 0 aliphatic heterocycles. The minimum Gasteiger partial charge on any atom is -0.378 e. The largest absolute Gasteiger partial charge is 0.378 e. The van der Waals surface area contributed by atoms with E-state index in [0.29, 0.717) is 12.0 Å². The predicted molar refractivity (Wildman–Crippen MR) is 81.9 cm³/mol. The molecule has 0 aromatic carbocycles. The van der Waals surface area contributed by atoms with Crippen LogP contribution in [0.5, 0.6) is 0 Å². The number of thiazole rings is 1. The Hall–Kier alpha value is -0.120. The highest BCUT2D eigenvalue weighted by Gasteiger charge is 2.24. The molecule has 0 spiro atoms. The molecule has 0 radical (unpaired) electrons. The molecule has 2 nitrogen and oxygen atoms in total. The Morgan fingerprint density at radius 1 is 1.32 bits per heavy atom. The van der Waals surface area contributed by atoms with E-state index in [1.807, 2.05) is 5.38 Å². The zero-order chi connectivity index (χ0) is 13.7. The standard InChI is InChI=1S/C15H24ClNOS/c1-11-6-12(2)8-14(7-11)18-5-3-4-15-17-13(9-16)10-19-15/h10-12,14H,3-9H2,1-2H3. The topological polar surface area (TPSA) is 22.1 Å². The molecule has 2 rings (SSSR count). The van der Waals surface area contributed by atoms with Gasteiger partial charge in [0.05, 0.1) is 22.7 Å². The fourth-order valence-corrected chi connectivity index (χ4v) is 4.08. The van der Waals surface area contributed by atoms with E-state index in [2.05, 4.69) is 18.8 Å². The highest BCUT2D eigenvalue weighted by atomic mass is 35.5. The SMILES string of the molecule is CC1CC(C)CC(OCCCc2nc(CCl)cs2)C1. The first kappa shape index (κ1) is 15.3. The van der Waals surface area contributed by atoms with Gasteiger partial charge in [0.25, 0.3) is 0 Å². The van der Waals surface area contributed by atoms with Crippen molar-refractivity contribution in [1.82, 2.24) is 4.98 Å². The van der Waals surface area contributed by atoms with Gasteiger partial charge in [-0.15, -0.1) is 22.9 Å². The number of hydrogen-bond donors (Lipinski definition) is 0. The van der Waals surface area contributed by atoms with Crippen molar-refractivity contribution in [2.45, 2.75) is 57.9 Å². The van der Waals surface area contributed by atoms with Gasteiger partial charge in [0.15, 0.2) is 0 Å². The van der Waals surface area contributed by atoms with Crippen molar-refractivity contribution in [1.29, 1.82) is 0 Å². The van der Waals surface area contributed by atoms with Crippen molar-refractivity contribution in [3.8, 4) is 0 Å². The third-order valence-corrected chi connectivity index (χ3v) is 4.99. The second kappa shape index (κ2) is 7.61. The molecule has 1 aromatic rings. The summed E-state index contributed by atoms with van der Waals surface area (Å²) in [7, 11) is 0. The molecule has 0 N–H and O–H groups in total. The number of alkyl halides is 1. The fraction of sp³-hybridized carbons (Fsp3) is 0.800. The summed E-state index contributed by atoms with van der Waals surface area (Å²) in [5.41, 5.74) is 0.998.